The first-order chi connectivity index (χ1) is 6.46. The van der Waals surface area contributed by atoms with Crippen molar-refractivity contribution >= 4 is 28.5 Å². The Kier molecular flexibility index (Phi) is 3.36. The Morgan fingerprint density at radius 1 is 1.50 bits per heavy atom. The van der Waals surface area contributed by atoms with E-state index in [1.165, 1.54) is 11.3 Å². The zero-order chi connectivity index (χ0) is 10.8. The second kappa shape index (κ2) is 4.16. The largest absolute Gasteiger partial charge is 0.192 e. The number of nitrogens with zero attached hydrogens (tertiary/aromatic N) is 1. The predicted octanol–water partition coefficient (Wildman–Crippen LogP) is 4.27. The zero-order valence-corrected chi connectivity index (χ0v) is 10.0. The summed E-state index contributed by atoms with van der Waals surface area (Å²) in [5.74, 6) is 0. The highest BCUT2D eigenvalue weighted by molar-refractivity contribution is 7.11. The van der Waals surface area contributed by atoms with E-state index < -0.39 is 0 Å². The van der Waals surface area contributed by atoms with E-state index in [9.17, 15) is 0 Å². The maximum absolute atomic E-state index is 9.05. The molecule has 0 atom stereocenters. The number of nitriles is 1. The van der Waals surface area contributed by atoms with Crippen LogP contribution in [0.2, 0.25) is 0 Å². The number of hydrogen-bond donors (Lipinski definition) is 0. The van der Waals surface area contributed by atoms with Crippen molar-refractivity contribution in [3.05, 3.63) is 27.4 Å². The Hall–Kier alpha value is -0.780. The summed E-state index contributed by atoms with van der Waals surface area (Å²) < 4.78 is 0. The summed E-state index contributed by atoms with van der Waals surface area (Å²) >= 11 is 7.71. The molecule has 1 aromatic heterocycles. The van der Waals surface area contributed by atoms with E-state index >= 15 is 0 Å². The second-order valence-electron chi connectivity index (χ2n) is 4.03. The normalized spacial score (nSPS) is 13.4. The van der Waals surface area contributed by atoms with E-state index in [1.807, 2.05) is 38.3 Å². The fourth-order valence-corrected chi connectivity index (χ4v) is 1.93. The van der Waals surface area contributed by atoms with Crippen LogP contribution in [0.15, 0.2) is 22.5 Å². The van der Waals surface area contributed by atoms with Gasteiger partial charge in [0.25, 0.3) is 0 Å². The number of allylic oxidation sites excluding steroid dienone is 2. The summed E-state index contributed by atoms with van der Waals surface area (Å²) in [6, 6.07) is 6.00. The van der Waals surface area contributed by atoms with Gasteiger partial charge in [0.05, 0.1) is 5.57 Å². The Bertz CT molecular complexity index is 376. The standard InChI is InChI=1S/C11H12ClNS/c1-11(2,3)10(12)8(7-13)9-5-4-6-14-9/h4-6H,1-3H3. The molecule has 1 rings (SSSR count). The highest BCUT2D eigenvalue weighted by Gasteiger charge is 2.20. The average Bonchev–Trinajstić information content (AvgIpc) is 2.57. The highest BCUT2D eigenvalue weighted by Crippen LogP contribution is 2.36. The number of thiophene rings is 1. The van der Waals surface area contributed by atoms with Crippen LogP contribution in [-0.4, -0.2) is 0 Å². The summed E-state index contributed by atoms with van der Waals surface area (Å²) in [4.78, 5) is 0.937. The fourth-order valence-electron chi connectivity index (χ4n) is 1.01. The third-order valence-electron chi connectivity index (χ3n) is 1.76. The zero-order valence-electron chi connectivity index (χ0n) is 8.47. The molecular weight excluding hydrogens is 214 g/mol. The first-order valence-corrected chi connectivity index (χ1v) is 5.57. The third kappa shape index (κ3) is 2.37. The molecule has 74 valence electrons. The van der Waals surface area contributed by atoms with Crippen molar-refractivity contribution in [3.8, 4) is 6.07 Å². The van der Waals surface area contributed by atoms with Gasteiger partial charge in [-0.05, 0) is 16.9 Å². The van der Waals surface area contributed by atoms with Crippen molar-refractivity contribution < 1.29 is 0 Å². The fraction of sp³-hybridized carbons (Fsp3) is 0.364. The van der Waals surface area contributed by atoms with Crippen LogP contribution in [0.4, 0.5) is 0 Å². The van der Waals surface area contributed by atoms with Crippen molar-refractivity contribution in [1.82, 2.24) is 0 Å². The van der Waals surface area contributed by atoms with Gasteiger partial charge in [-0.1, -0.05) is 38.4 Å². The third-order valence-corrected chi connectivity index (χ3v) is 3.40. The first-order valence-electron chi connectivity index (χ1n) is 4.31. The summed E-state index contributed by atoms with van der Waals surface area (Å²) in [6.07, 6.45) is 0. The van der Waals surface area contributed by atoms with Gasteiger partial charge in [0.15, 0.2) is 0 Å². The SMILES string of the molecule is CC(C)(C)C(Cl)=C(C#N)c1cccs1. The van der Waals surface area contributed by atoms with Crippen LogP contribution in [0.5, 0.6) is 0 Å². The average molecular weight is 226 g/mol. The lowest BCUT2D eigenvalue weighted by Gasteiger charge is -2.18. The van der Waals surface area contributed by atoms with Crippen LogP contribution in [0.1, 0.15) is 25.6 Å². The lowest BCUT2D eigenvalue weighted by molar-refractivity contribution is 0.533. The number of halogens is 1. The summed E-state index contributed by atoms with van der Waals surface area (Å²) in [7, 11) is 0. The molecule has 0 radical (unpaired) electrons. The van der Waals surface area contributed by atoms with E-state index in [0.717, 1.165) is 4.88 Å². The van der Waals surface area contributed by atoms with Gasteiger partial charge in [-0.25, -0.2) is 0 Å². The van der Waals surface area contributed by atoms with Gasteiger partial charge < -0.3 is 0 Å². The van der Waals surface area contributed by atoms with Gasteiger partial charge in [0.2, 0.25) is 0 Å². The maximum Gasteiger partial charge on any atom is 0.102 e. The van der Waals surface area contributed by atoms with Crippen molar-refractivity contribution in [1.29, 1.82) is 5.26 Å². The van der Waals surface area contributed by atoms with Crippen LogP contribution < -0.4 is 0 Å². The predicted molar refractivity (Wildman–Crippen MR) is 62.2 cm³/mol. The van der Waals surface area contributed by atoms with Gasteiger partial charge in [-0.15, -0.1) is 11.3 Å². The molecule has 1 nitrogen and oxygen atoms in total. The van der Waals surface area contributed by atoms with Crippen LogP contribution in [0, 0.1) is 16.7 Å². The Labute approximate surface area is 93.6 Å². The van der Waals surface area contributed by atoms with E-state index in [0.29, 0.717) is 10.6 Å². The molecule has 1 heterocycles. The lowest BCUT2D eigenvalue weighted by atomic mass is 9.93. The smallest absolute Gasteiger partial charge is 0.102 e. The van der Waals surface area contributed by atoms with Gasteiger partial charge in [0, 0.05) is 9.91 Å². The van der Waals surface area contributed by atoms with E-state index in [-0.39, 0.29) is 5.41 Å². The van der Waals surface area contributed by atoms with Crippen molar-refractivity contribution in [2.75, 3.05) is 0 Å². The Morgan fingerprint density at radius 2 is 2.14 bits per heavy atom. The molecule has 14 heavy (non-hydrogen) atoms. The molecule has 0 aromatic carbocycles. The van der Waals surface area contributed by atoms with Crippen molar-refractivity contribution in [3.63, 3.8) is 0 Å². The topological polar surface area (TPSA) is 23.8 Å². The Balaban J connectivity index is 3.23. The van der Waals surface area contributed by atoms with Gasteiger partial charge in [-0.3, -0.25) is 0 Å². The lowest BCUT2D eigenvalue weighted by Crippen LogP contribution is -2.06. The Morgan fingerprint density at radius 3 is 2.50 bits per heavy atom. The van der Waals surface area contributed by atoms with E-state index in [2.05, 4.69) is 6.07 Å². The number of rotatable bonds is 1. The van der Waals surface area contributed by atoms with Gasteiger partial charge >= 0.3 is 0 Å². The summed E-state index contributed by atoms with van der Waals surface area (Å²) in [5, 5.41) is 11.6. The van der Waals surface area contributed by atoms with Crippen LogP contribution >= 0.6 is 22.9 Å². The minimum Gasteiger partial charge on any atom is -0.192 e. The molecule has 0 fully saturated rings. The minimum atomic E-state index is -0.170. The molecule has 0 saturated heterocycles. The second-order valence-corrected chi connectivity index (χ2v) is 5.35. The number of hydrogen-bond acceptors (Lipinski definition) is 2. The van der Waals surface area contributed by atoms with Gasteiger partial charge in [-0.2, -0.15) is 5.26 Å². The molecule has 0 aliphatic rings. The molecular formula is C11H12ClNS. The van der Waals surface area contributed by atoms with E-state index in [1.54, 1.807) is 0 Å². The molecule has 0 unspecified atom stereocenters. The van der Waals surface area contributed by atoms with E-state index in [4.69, 9.17) is 16.9 Å². The molecule has 0 N–H and O–H groups in total. The molecule has 0 aliphatic heterocycles. The quantitative estimate of drug-likeness (QED) is 0.655. The molecule has 3 heteroatoms. The molecule has 0 saturated carbocycles. The molecule has 0 aliphatic carbocycles. The van der Waals surface area contributed by atoms with Crippen LogP contribution in [0.25, 0.3) is 5.57 Å². The highest BCUT2D eigenvalue weighted by atomic mass is 35.5. The molecule has 0 spiro atoms. The van der Waals surface area contributed by atoms with Crippen LogP contribution in [-0.2, 0) is 0 Å². The van der Waals surface area contributed by atoms with Gasteiger partial charge in [0.1, 0.15) is 6.07 Å². The minimum absolute atomic E-state index is 0.170. The molecule has 1 aromatic rings. The molecule has 0 amide bonds. The van der Waals surface area contributed by atoms with Crippen molar-refractivity contribution in [2.24, 2.45) is 5.41 Å². The summed E-state index contributed by atoms with van der Waals surface area (Å²) in [5.41, 5.74) is 0.422. The first kappa shape index (κ1) is 11.3. The monoisotopic (exact) mass is 225 g/mol. The summed E-state index contributed by atoms with van der Waals surface area (Å²) in [6.45, 7) is 6.00. The maximum atomic E-state index is 9.05. The van der Waals surface area contributed by atoms with Crippen LogP contribution in [0.3, 0.4) is 0 Å². The van der Waals surface area contributed by atoms with Crippen molar-refractivity contribution in [2.45, 2.75) is 20.8 Å². The molecule has 0 bridgehead atoms.